The number of carbonyl (C=O) groups is 1. The Morgan fingerprint density at radius 3 is 3.07 bits per heavy atom. The maximum absolute atomic E-state index is 11.4. The van der Waals surface area contributed by atoms with Crippen molar-refractivity contribution in [1.29, 1.82) is 0 Å². The second kappa shape index (κ2) is 3.29. The van der Waals surface area contributed by atoms with Crippen LogP contribution < -0.4 is 5.32 Å². The number of carbonyl (C=O) groups excluding carboxylic acids is 1. The smallest absolute Gasteiger partial charge is 0.294 e. The molecule has 0 unspecified atom stereocenters. The van der Waals surface area contributed by atoms with Gasteiger partial charge in [-0.15, -0.1) is 0 Å². The van der Waals surface area contributed by atoms with Gasteiger partial charge in [-0.05, 0) is 6.92 Å². The summed E-state index contributed by atoms with van der Waals surface area (Å²) in [6, 6.07) is 1.61. The monoisotopic (exact) mass is 193 g/mol. The molecule has 0 aliphatic heterocycles. The Hall–Kier alpha value is -2.18. The van der Waals surface area contributed by atoms with Crippen molar-refractivity contribution in [3.63, 3.8) is 0 Å². The standard InChI is InChI=1S/C7H7N5O2/c1-4-2-5(12-14-4)10-7(13)6-8-3-9-11-6/h2-3H,1H3,(H,8,9,11)(H,10,12,13). The zero-order valence-corrected chi connectivity index (χ0v) is 7.31. The lowest BCUT2D eigenvalue weighted by Crippen LogP contribution is -2.13. The first kappa shape index (κ1) is 8.42. The van der Waals surface area contributed by atoms with E-state index in [-0.39, 0.29) is 5.82 Å². The number of nitrogens with one attached hydrogen (secondary N) is 2. The number of hydrogen-bond donors (Lipinski definition) is 2. The number of aryl methyl sites for hydroxylation is 1. The van der Waals surface area contributed by atoms with Crippen molar-refractivity contribution >= 4 is 11.7 Å². The first-order chi connectivity index (χ1) is 6.75. The van der Waals surface area contributed by atoms with Crippen molar-refractivity contribution in [2.75, 3.05) is 5.32 Å². The predicted molar refractivity (Wildman–Crippen MR) is 45.6 cm³/mol. The van der Waals surface area contributed by atoms with Gasteiger partial charge in [0.15, 0.2) is 5.82 Å². The quantitative estimate of drug-likeness (QED) is 0.717. The summed E-state index contributed by atoms with van der Waals surface area (Å²) in [6.07, 6.45) is 1.25. The van der Waals surface area contributed by atoms with Gasteiger partial charge in [-0.1, -0.05) is 5.16 Å². The van der Waals surface area contributed by atoms with E-state index >= 15 is 0 Å². The van der Waals surface area contributed by atoms with Crippen LogP contribution in [0.2, 0.25) is 0 Å². The van der Waals surface area contributed by atoms with Crippen molar-refractivity contribution in [2.45, 2.75) is 6.92 Å². The fourth-order valence-corrected chi connectivity index (χ4v) is 0.916. The number of hydrogen-bond acceptors (Lipinski definition) is 5. The normalized spacial score (nSPS) is 10.1. The number of anilines is 1. The maximum atomic E-state index is 11.4. The predicted octanol–water partition coefficient (Wildman–Crippen LogP) is 0.353. The summed E-state index contributed by atoms with van der Waals surface area (Å²) in [7, 11) is 0. The molecule has 7 nitrogen and oxygen atoms in total. The number of amides is 1. The molecule has 2 heterocycles. The average Bonchev–Trinajstić information content (AvgIpc) is 2.75. The van der Waals surface area contributed by atoms with Crippen molar-refractivity contribution in [2.24, 2.45) is 0 Å². The van der Waals surface area contributed by atoms with Crippen molar-refractivity contribution in [3.05, 3.63) is 24.0 Å². The van der Waals surface area contributed by atoms with Crippen LogP contribution in [0, 0.1) is 6.92 Å². The third kappa shape index (κ3) is 1.60. The molecule has 7 heteroatoms. The van der Waals surface area contributed by atoms with Crippen LogP contribution in [0.15, 0.2) is 16.9 Å². The van der Waals surface area contributed by atoms with Gasteiger partial charge in [0.1, 0.15) is 12.1 Å². The molecule has 0 saturated heterocycles. The zero-order chi connectivity index (χ0) is 9.97. The molecule has 0 radical (unpaired) electrons. The fraction of sp³-hybridized carbons (Fsp3) is 0.143. The molecule has 0 saturated carbocycles. The Labute approximate surface area is 78.5 Å². The van der Waals surface area contributed by atoms with Crippen LogP contribution in [-0.2, 0) is 0 Å². The number of aromatic nitrogens is 4. The van der Waals surface area contributed by atoms with Crippen LogP contribution in [0.25, 0.3) is 0 Å². The molecule has 2 aromatic heterocycles. The van der Waals surface area contributed by atoms with E-state index in [0.29, 0.717) is 11.6 Å². The van der Waals surface area contributed by atoms with Gasteiger partial charge in [-0.2, -0.15) is 5.10 Å². The van der Waals surface area contributed by atoms with Gasteiger partial charge in [-0.25, -0.2) is 4.98 Å². The molecule has 0 aliphatic rings. The Bertz CT molecular complexity index is 433. The summed E-state index contributed by atoms with van der Waals surface area (Å²) in [5.41, 5.74) is 0. The summed E-state index contributed by atoms with van der Waals surface area (Å²) in [6.45, 7) is 1.73. The van der Waals surface area contributed by atoms with Crippen molar-refractivity contribution in [3.8, 4) is 0 Å². The van der Waals surface area contributed by atoms with Gasteiger partial charge in [0.2, 0.25) is 5.82 Å². The van der Waals surface area contributed by atoms with Crippen LogP contribution in [-0.4, -0.2) is 26.2 Å². The van der Waals surface area contributed by atoms with Gasteiger partial charge < -0.3 is 9.84 Å². The van der Waals surface area contributed by atoms with Crippen LogP contribution >= 0.6 is 0 Å². The van der Waals surface area contributed by atoms with E-state index in [1.165, 1.54) is 6.33 Å². The van der Waals surface area contributed by atoms with Crippen LogP contribution in [0.4, 0.5) is 5.82 Å². The number of rotatable bonds is 2. The minimum Gasteiger partial charge on any atom is -0.360 e. The molecule has 0 bridgehead atoms. The van der Waals surface area contributed by atoms with E-state index in [0.717, 1.165) is 0 Å². The van der Waals surface area contributed by atoms with Crippen molar-refractivity contribution in [1.82, 2.24) is 20.3 Å². The second-order valence-electron chi connectivity index (χ2n) is 2.61. The lowest BCUT2D eigenvalue weighted by molar-refractivity contribution is 0.101. The average molecular weight is 193 g/mol. The van der Waals surface area contributed by atoms with E-state index < -0.39 is 5.91 Å². The van der Waals surface area contributed by atoms with Gasteiger partial charge >= 0.3 is 0 Å². The number of nitrogens with zero attached hydrogens (tertiary/aromatic N) is 3. The van der Waals surface area contributed by atoms with E-state index in [1.54, 1.807) is 13.0 Å². The molecule has 0 aliphatic carbocycles. The molecule has 2 rings (SSSR count). The largest absolute Gasteiger partial charge is 0.360 e. The van der Waals surface area contributed by atoms with Crippen LogP contribution in [0.5, 0.6) is 0 Å². The van der Waals surface area contributed by atoms with E-state index in [1.807, 2.05) is 0 Å². The molecule has 2 N–H and O–H groups in total. The summed E-state index contributed by atoms with van der Waals surface area (Å²) in [5, 5.41) is 12.1. The zero-order valence-electron chi connectivity index (χ0n) is 7.31. The molecule has 72 valence electrons. The Kier molecular flexibility index (Phi) is 1.98. The highest BCUT2D eigenvalue weighted by atomic mass is 16.5. The minimum atomic E-state index is -0.407. The molecule has 0 atom stereocenters. The fourth-order valence-electron chi connectivity index (χ4n) is 0.916. The SMILES string of the molecule is Cc1cc(NC(=O)c2ncn[nH]2)no1. The maximum Gasteiger partial charge on any atom is 0.294 e. The first-order valence-electron chi connectivity index (χ1n) is 3.86. The molecule has 0 fully saturated rings. The summed E-state index contributed by atoms with van der Waals surface area (Å²) < 4.78 is 4.77. The van der Waals surface area contributed by atoms with E-state index in [9.17, 15) is 4.79 Å². The minimum absolute atomic E-state index is 0.130. The van der Waals surface area contributed by atoms with Gasteiger partial charge in [0, 0.05) is 6.07 Å². The van der Waals surface area contributed by atoms with E-state index in [2.05, 4.69) is 25.7 Å². The van der Waals surface area contributed by atoms with Gasteiger partial charge in [0.25, 0.3) is 5.91 Å². The highest BCUT2D eigenvalue weighted by Gasteiger charge is 2.10. The molecular weight excluding hydrogens is 186 g/mol. The third-order valence-corrected chi connectivity index (χ3v) is 1.50. The highest BCUT2D eigenvalue weighted by molar-refractivity contribution is 6.00. The third-order valence-electron chi connectivity index (χ3n) is 1.50. The Morgan fingerprint density at radius 2 is 2.50 bits per heavy atom. The lowest BCUT2D eigenvalue weighted by Gasteiger charge is -1.94. The van der Waals surface area contributed by atoms with Crippen LogP contribution in [0.1, 0.15) is 16.4 Å². The molecule has 14 heavy (non-hydrogen) atoms. The summed E-state index contributed by atoms with van der Waals surface area (Å²) in [4.78, 5) is 15.0. The molecule has 1 amide bonds. The molecular formula is C7H7N5O2. The van der Waals surface area contributed by atoms with Crippen molar-refractivity contribution < 1.29 is 9.32 Å². The Balaban J connectivity index is 2.09. The Morgan fingerprint density at radius 1 is 1.64 bits per heavy atom. The summed E-state index contributed by atoms with van der Waals surface area (Å²) >= 11 is 0. The number of aromatic amines is 1. The topological polar surface area (TPSA) is 96.7 Å². The molecule has 0 aromatic carbocycles. The summed E-state index contributed by atoms with van der Waals surface area (Å²) in [5.74, 6) is 0.697. The molecule has 2 aromatic rings. The lowest BCUT2D eigenvalue weighted by atomic mass is 10.4. The highest BCUT2D eigenvalue weighted by Crippen LogP contribution is 2.07. The van der Waals surface area contributed by atoms with Gasteiger partial charge in [0.05, 0.1) is 0 Å². The molecule has 0 spiro atoms. The van der Waals surface area contributed by atoms with Crippen LogP contribution in [0.3, 0.4) is 0 Å². The number of H-pyrrole nitrogens is 1. The first-order valence-corrected chi connectivity index (χ1v) is 3.86. The second-order valence-corrected chi connectivity index (χ2v) is 2.61. The van der Waals surface area contributed by atoms with Gasteiger partial charge in [-0.3, -0.25) is 9.89 Å². The van der Waals surface area contributed by atoms with E-state index in [4.69, 9.17) is 4.52 Å².